The average molecular weight is 482 g/mol. The van der Waals surface area contributed by atoms with Crippen molar-refractivity contribution < 1.29 is 4.74 Å². The van der Waals surface area contributed by atoms with Gasteiger partial charge in [-0.2, -0.15) is 0 Å². The molecule has 0 saturated carbocycles. The zero-order valence-electron chi connectivity index (χ0n) is 24.8. The maximum atomic E-state index is 5.73. The van der Waals surface area contributed by atoms with E-state index in [1.807, 2.05) is 13.8 Å². The van der Waals surface area contributed by atoms with E-state index in [9.17, 15) is 0 Å². The van der Waals surface area contributed by atoms with Gasteiger partial charge in [0.2, 0.25) is 0 Å². The molecular formula is C30H63N3O. The Kier molecular flexibility index (Phi) is 17.0. The van der Waals surface area contributed by atoms with Crippen molar-refractivity contribution in [1.82, 2.24) is 14.7 Å². The van der Waals surface area contributed by atoms with Gasteiger partial charge in [0.15, 0.2) is 0 Å². The maximum Gasteiger partial charge on any atom is 0.0599 e. The van der Waals surface area contributed by atoms with Crippen LogP contribution in [0, 0.1) is 17.8 Å². The molecule has 0 bridgehead atoms. The Morgan fingerprint density at radius 3 is 1.56 bits per heavy atom. The van der Waals surface area contributed by atoms with Crippen LogP contribution in [0.4, 0.5) is 0 Å². The quantitative estimate of drug-likeness (QED) is 0.380. The van der Waals surface area contributed by atoms with Crippen molar-refractivity contribution >= 4 is 0 Å². The number of nitrogens with zero attached hydrogens (tertiary/aromatic N) is 3. The van der Waals surface area contributed by atoms with E-state index >= 15 is 0 Å². The number of likely N-dealkylation sites (tertiary alicyclic amines) is 3. The summed E-state index contributed by atoms with van der Waals surface area (Å²) in [6, 6.07) is 1.44. The summed E-state index contributed by atoms with van der Waals surface area (Å²) in [5, 5.41) is 0. The van der Waals surface area contributed by atoms with Gasteiger partial charge in [-0.3, -0.25) is 0 Å². The highest BCUT2D eigenvalue weighted by Crippen LogP contribution is 2.27. The van der Waals surface area contributed by atoms with E-state index in [0.717, 1.165) is 36.8 Å². The van der Waals surface area contributed by atoms with Crippen LogP contribution in [-0.2, 0) is 4.74 Å². The third-order valence-electron chi connectivity index (χ3n) is 8.24. The number of hydrogen-bond acceptors (Lipinski definition) is 4. The summed E-state index contributed by atoms with van der Waals surface area (Å²) in [6.07, 6.45) is 9.83. The zero-order chi connectivity index (χ0) is 25.5. The molecule has 3 aliphatic heterocycles. The molecule has 3 aliphatic rings. The Hall–Kier alpha value is -0.160. The van der Waals surface area contributed by atoms with Crippen LogP contribution in [0.3, 0.4) is 0 Å². The van der Waals surface area contributed by atoms with Crippen molar-refractivity contribution in [3.05, 3.63) is 0 Å². The molecule has 0 amide bonds. The second-order valence-electron chi connectivity index (χ2n) is 11.7. The molecule has 3 fully saturated rings. The number of ether oxygens (including phenoxy) is 1. The van der Waals surface area contributed by atoms with E-state index in [1.54, 1.807) is 0 Å². The van der Waals surface area contributed by atoms with Crippen LogP contribution < -0.4 is 0 Å². The molecule has 0 radical (unpaired) electrons. The second-order valence-corrected chi connectivity index (χ2v) is 11.7. The van der Waals surface area contributed by atoms with Gasteiger partial charge in [0.05, 0.1) is 6.10 Å². The first-order valence-corrected chi connectivity index (χ1v) is 15.1. The summed E-state index contributed by atoms with van der Waals surface area (Å²) >= 11 is 0. The first kappa shape index (κ1) is 31.9. The molecule has 0 aromatic carbocycles. The molecule has 3 rings (SSSR count). The van der Waals surface area contributed by atoms with Crippen LogP contribution in [0.2, 0.25) is 0 Å². The predicted molar refractivity (Wildman–Crippen MR) is 151 cm³/mol. The Bertz CT molecular complexity index is 432. The number of piperidine rings is 3. The number of hydrogen-bond donors (Lipinski definition) is 0. The fourth-order valence-corrected chi connectivity index (χ4v) is 5.66. The highest BCUT2D eigenvalue weighted by Gasteiger charge is 2.26. The van der Waals surface area contributed by atoms with Crippen LogP contribution >= 0.6 is 0 Å². The topological polar surface area (TPSA) is 19.0 Å². The van der Waals surface area contributed by atoms with E-state index in [1.165, 1.54) is 84.3 Å². The molecule has 4 nitrogen and oxygen atoms in total. The third kappa shape index (κ3) is 12.2. The minimum atomic E-state index is 0.537. The summed E-state index contributed by atoms with van der Waals surface area (Å²) in [5.74, 6) is 2.83. The maximum absolute atomic E-state index is 5.73. The lowest BCUT2D eigenvalue weighted by Crippen LogP contribution is -2.43. The molecule has 3 heterocycles. The van der Waals surface area contributed by atoms with Crippen LogP contribution in [0.1, 0.15) is 107 Å². The van der Waals surface area contributed by atoms with Crippen LogP contribution in [0.25, 0.3) is 0 Å². The Morgan fingerprint density at radius 2 is 1.15 bits per heavy atom. The molecule has 0 aromatic rings. The third-order valence-corrected chi connectivity index (χ3v) is 8.24. The summed E-state index contributed by atoms with van der Waals surface area (Å²) in [4.78, 5) is 7.92. The fourth-order valence-electron chi connectivity index (χ4n) is 5.66. The molecular weight excluding hydrogens is 418 g/mol. The second kappa shape index (κ2) is 18.1. The standard InChI is InChI=1S/C17H34N2.C11H23NO.C2H6/c1-14(2)17-7-9-18(10-8-17)13-16-5-11-19(12-6-16)15(3)4;1-4-9-13-11-5-7-12(8-6-11)10(2)3;1-2/h14-17H,5-13H2,1-4H3;10-11H,4-9H2,1-3H3;1-2H3. The van der Waals surface area contributed by atoms with Gasteiger partial charge in [0, 0.05) is 38.3 Å². The largest absolute Gasteiger partial charge is 0.378 e. The smallest absolute Gasteiger partial charge is 0.0599 e. The van der Waals surface area contributed by atoms with E-state index in [4.69, 9.17) is 4.74 Å². The first-order chi connectivity index (χ1) is 16.3. The molecule has 0 N–H and O–H groups in total. The highest BCUT2D eigenvalue weighted by molar-refractivity contribution is 4.80. The van der Waals surface area contributed by atoms with Crippen molar-refractivity contribution in [1.29, 1.82) is 0 Å². The molecule has 4 heteroatoms. The lowest BCUT2D eigenvalue weighted by molar-refractivity contribution is 0.00174. The van der Waals surface area contributed by atoms with Crippen LogP contribution in [-0.4, -0.2) is 85.3 Å². The molecule has 0 aliphatic carbocycles. The van der Waals surface area contributed by atoms with Crippen molar-refractivity contribution in [3.63, 3.8) is 0 Å². The lowest BCUT2D eigenvalue weighted by Gasteiger charge is -2.39. The van der Waals surface area contributed by atoms with Crippen molar-refractivity contribution in [2.24, 2.45) is 17.8 Å². The van der Waals surface area contributed by atoms with Gasteiger partial charge >= 0.3 is 0 Å². The van der Waals surface area contributed by atoms with E-state index in [-0.39, 0.29) is 0 Å². The minimum absolute atomic E-state index is 0.537. The zero-order valence-corrected chi connectivity index (χ0v) is 24.8. The van der Waals surface area contributed by atoms with Gasteiger partial charge in [0.1, 0.15) is 0 Å². The first-order valence-electron chi connectivity index (χ1n) is 15.1. The van der Waals surface area contributed by atoms with E-state index < -0.39 is 0 Å². The van der Waals surface area contributed by atoms with Gasteiger partial charge < -0.3 is 19.4 Å². The molecule has 0 spiro atoms. The highest BCUT2D eigenvalue weighted by atomic mass is 16.5. The summed E-state index contributed by atoms with van der Waals surface area (Å²) in [6.45, 7) is 30.2. The fraction of sp³-hybridized carbons (Fsp3) is 1.00. The van der Waals surface area contributed by atoms with Gasteiger partial charge in [-0.05, 0) is 117 Å². The van der Waals surface area contributed by atoms with E-state index in [0.29, 0.717) is 12.1 Å². The van der Waals surface area contributed by atoms with Gasteiger partial charge in [-0.1, -0.05) is 34.6 Å². The van der Waals surface area contributed by atoms with Crippen molar-refractivity contribution in [3.8, 4) is 0 Å². The molecule has 34 heavy (non-hydrogen) atoms. The van der Waals surface area contributed by atoms with Gasteiger partial charge in [0.25, 0.3) is 0 Å². The monoisotopic (exact) mass is 481 g/mol. The Morgan fingerprint density at radius 1 is 0.676 bits per heavy atom. The lowest BCUT2D eigenvalue weighted by atomic mass is 9.86. The molecule has 204 valence electrons. The normalized spacial score (nSPS) is 22.6. The Balaban J connectivity index is 0.000000337. The summed E-state index contributed by atoms with van der Waals surface area (Å²) in [5.41, 5.74) is 0. The summed E-state index contributed by atoms with van der Waals surface area (Å²) < 4.78 is 5.73. The molecule has 3 saturated heterocycles. The van der Waals surface area contributed by atoms with Crippen LogP contribution in [0.5, 0.6) is 0 Å². The number of rotatable bonds is 8. The molecule has 0 aromatic heterocycles. The predicted octanol–water partition coefficient (Wildman–Crippen LogP) is 6.79. The minimum Gasteiger partial charge on any atom is -0.378 e. The van der Waals surface area contributed by atoms with Crippen molar-refractivity contribution in [2.45, 2.75) is 125 Å². The van der Waals surface area contributed by atoms with Crippen molar-refractivity contribution in [2.75, 3.05) is 52.4 Å². The molecule has 0 atom stereocenters. The average Bonchev–Trinajstić information content (AvgIpc) is 2.85. The summed E-state index contributed by atoms with van der Waals surface area (Å²) in [7, 11) is 0. The van der Waals surface area contributed by atoms with Crippen LogP contribution in [0.15, 0.2) is 0 Å². The van der Waals surface area contributed by atoms with Gasteiger partial charge in [-0.15, -0.1) is 0 Å². The Labute approximate surface area is 215 Å². The molecule has 0 unspecified atom stereocenters. The SMILES string of the molecule is CC.CC(C)C1CCN(CC2CCN(C(C)C)CC2)CC1.CCCOC1CCN(C(C)C)CC1. The van der Waals surface area contributed by atoms with E-state index in [2.05, 4.69) is 63.2 Å². The van der Waals surface area contributed by atoms with Gasteiger partial charge in [-0.25, -0.2) is 0 Å².